The lowest BCUT2D eigenvalue weighted by Crippen LogP contribution is -2.53. The van der Waals surface area contributed by atoms with E-state index in [0.29, 0.717) is 6.04 Å². The van der Waals surface area contributed by atoms with Gasteiger partial charge in [-0.15, -0.1) is 0 Å². The molecule has 3 heteroatoms. The number of hydrogen-bond acceptors (Lipinski definition) is 3. The molecule has 0 radical (unpaired) electrons. The number of likely N-dealkylation sites (N-methyl/N-ethyl adjacent to an activating group) is 2. The Morgan fingerprint density at radius 2 is 1.89 bits per heavy atom. The van der Waals surface area contributed by atoms with Gasteiger partial charge in [0.15, 0.2) is 0 Å². The predicted molar refractivity (Wildman–Crippen MR) is 81.4 cm³/mol. The van der Waals surface area contributed by atoms with Gasteiger partial charge in [0.25, 0.3) is 0 Å². The van der Waals surface area contributed by atoms with Crippen LogP contribution in [0, 0.1) is 0 Å². The van der Waals surface area contributed by atoms with Crippen LogP contribution in [0.5, 0.6) is 0 Å². The molecule has 1 atom stereocenters. The van der Waals surface area contributed by atoms with Crippen LogP contribution in [-0.2, 0) is 13.0 Å². The van der Waals surface area contributed by atoms with Gasteiger partial charge in [-0.25, -0.2) is 0 Å². The van der Waals surface area contributed by atoms with E-state index in [1.165, 1.54) is 30.8 Å². The molecular formula is C16H27N3. The van der Waals surface area contributed by atoms with E-state index < -0.39 is 0 Å². The van der Waals surface area contributed by atoms with Gasteiger partial charge >= 0.3 is 0 Å². The van der Waals surface area contributed by atoms with Crippen molar-refractivity contribution in [3.63, 3.8) is 0 Å². The Balaban J connectivity index is 1.82. The fourth-order valence-electron chi connectivity index (χ4n) is 2.77. The van der Waals surface area contributed by atoms with Gasteiger partial charge in [0.05, 0.1) is 0 Å². The third kappa shape index (κ3) is 4.03. The zero-order chi connectivity index (χ0) is 13.7. The number of nitrogens with one attached hydrogen (secondary N) is 1. The van der Waals surface area contributed by atoms with E-state index in [2.05, 4.69) is 60.4 Å². The molecular weight excluding hydrogens is 234 g/mol. The summed E-state index contributed by atoms with van der Waals surface area (Å²) in [6, 6.07) is 9.37. The van der Waals surface area contributed by atoms with Crippen LogP contribution in [0.4, 0.5) is 0 Å². The summed E-state index contributed by atoms with van der Waals surface area (Å²) >= 11 is 0. The molecule has 0 saturated carbocycles. The highest BCUT2D eigenvalue weighted by Gasteiger charge is 2.21. The molecule has 19 heavy (non-hydrogen) atoms. The minimum atomic E-state index is 0.632. The molecule has 0 aliphatic carbocycles. The van der Waals surface area contributed by atoms with Crippen LogP contribution in [0.15, 0.2) is 24.3 Å². The molecule has 1 fully saturated rings. The Hall–Kier alpha value is -0.900. The number of benzene rings is 1. The maximum atomic E-state index is 3.63. The molecule has 3 nitrogen and oxygen atoms in total. The van der Waals surface area contributed by atoms with E-state index in [1.54, 1.807) is 0 Å². The van der Waals surface area contributed by atoms with Crippen molar-refractivity contribution in [2.75, 3.05) is 40.3 Å². The van der Waals surface area contributed by atoms with Gasteiger partial charge in [-0.1, -0.05) is 31.2 Å². The molecule has 0 bridgehead atoms. The van der Waals surface area contributed by atoms with Gasteiger partial charge in [0, 0.05) is 38.8 Å². The Bertz CT molecular complexity index is 391. The second kappa shape index (κ2) is 7.04. The van der Waals surface area contributed by atoms with Crippen LogP contribution in [0.25, 0.3) is 0 Å². The SMILES string of the molecule is CCc1ccccc1CNCC1CN(C)CCN1C. The molecule has 1 aromatic rings. The summed E-state index contributed by atoms with van der Waals surface area (Å²) in [4.78, 5) is 4.89. The van der Waals surface area contributed by atoms with Crippen molar-refractivity contribution >= 4 is 0 Å². The molecule has 1 aromatic carbocycles. The summed E-state index contributed by atoms with van der Waals surface area (Å²) in [6.45, 7) is 7.80. The van der Waals surface area contributed by atoms with Crippen molar-refractivity contribution in [1.29, 1.82) is 0 Å². The fourth-order valence-corrected chi connectivity index (χ4v) is 2.77. The smallest absolute Gasteiger partial charge is 0.0345 e. The van der Waals surface area contributed by atoms with Gasteiger partial charge in [0.1, 0.15) is 0 Å². The third-order valence-electron chi connectivity index (χ3n) is 4.17. The monoisotopic (exact) mass is 261 g/mol. The Morgan fingerprint density at radius 1 is 1.16 bits per heavy atom. The van der Waals surface area contributed by atoms with E-state index in [9.17, 15) is 0 Å². The van der Waals surface area contributed by atoms with Crippen LogP contribution < -0.4 is 5.32 Å². The van der Waals surface area contributed by atoms with E-state index in [4.69, 9.17) is 0 Å². The summed E-state index contributed by atoms with van der Waals surface area (Å²) in [5.74, 6) is 0. The van der Waals surface area contributed by atoms with Gasteiger partial charge in [-0.3, -0.25) is 4.90 Å². The normalized spacial score (nSPS) is 21.7. The standard InChI is InChI=1S/C16H27N3/c1-4-14-7-5-6-8-15(14)11-17-12-16-13-18(2)9-10-19(16)3/h5-8,16-17H,4,9-13H2,1-3H3. The number of piperazine rings is 1. The zero-order valence-corrected chi connectivity index (χ0v) is 12.5. The van der Waals surface area contributed by atoms with Crippen LogP contribution >= 0.6 is 0 Å². The highest BCUT2D eigenvalue weighted by atomic mass is 15.3. The van der Waals surface area contributed by atoms with Gasteiger partial charge in [-0.05, 0) is 31.6 Å². The summed E-state index contributed by atoms with van der Waals surface area (Å²) in [6.07, 6.45) is 1.12. The number of hydrogen-bond donors (Lipinski definition) is 1. The molecule has 0 amide bonds. The lowest BCUT2D eigenvalue weighted by atomic mass is 10.1. The molecule has 1 saturated heterocycles. The lowest BCUT2D eigenvalue weighted by Gasteiger charge is -2.37. The number of aryl methyl sites for hydroxylation is 1. The van der Waals surface area contributed by atoms with Crippen LogP contribution in [0.3, 0.4) is 0 Å². The maximum Gasteiger partial charge on any atom is 0.0345 e. The fraction of sp³-hybridized carbons (Fsp3) is 0.625. The van der Waals surface area contributed by atoms with E-state index in [0.717, 1.165) is 19.5 Å². The quantitative estimate of drug-likeness (QED) is 0.868. The summed E-state index contributed by atoms with van der Waals surface area (Å²) < 4.78 is 0. The maximum absolute atomic E-state index is 3.63. The van der Waals surface area contributed by atoms with Crippen LogP contribution in [-0.4, -0.2) is 56.1 Å². The Labute approximate surface area is 117 Å². The molecule has 106 valence electrons. The minimum absolute atomic E-state index is 0.632. The largest absolute Gasteiger partial charge is 0.311 e. The number of rotatable bonds is 5. The van der Waals surface area contributed by atoms with Crippen molar-refractivity contribution in [3.8, 4) is 0 Å². The molecule has 2 rings (SSSR count). The minimum Gasteiger partial charge on any atom is -0.311 e. The third-order valence-corrected chi connectivity index (χ3v) is 4.17. The van der Waals surface area contributed by atoms with Gasteiger partial charge in [-0.2, -0.15) is 0 Å². The second-order valence-corrected chi connectivity index (χ2v) is 5.65. The van der Waals surface area contributed by atoms with Gasteiger partial charge in [0.2, 0.25) is 0 Å². The van der Waals surface area contributed by atoms with Crippen molar-refractivity contribution in [2.24, 2.45) is 0 Å². The molecule has 1 heterocycles. The van der Waals surface area contributed by atoms with E-state index >= 15 is 0 Å². The first-order valence-electron chi connectivity index (χ1n) is 7.37. The molecule has 0 spiro atoms. The molecule has 0 aromatic heterocycles. The van der Waals surface area contributed by atoms with E-state index in [-0.39, 0.29) is 0 Å². The summed E-state index contributed by atoms with van der Waals surface area (Å²) in [7, 11) is 4.45. The van der Waals surface area contributed by atoms with Crippen molar-refractivity contribution in [2.45, 2.75) is 25.9 Å². The van der Waals surface area contributed by atoms with Crippen molar-refractivity contribution < 1.29 is 0 Å². The highest BCUT2D eigenvalue weighted by Crippen LogP contribution is 2.10. The summed E-state index contributed by atoms with van der Waals surface area (Å²) in [5.41, 5.74) is 2.90. The first kappa shape index (κ1) is 14.5. The first-order valence-corrected chi connectivity index (χ1v) is 7.37. The van der Waals surface area contributed by atoms with Crippen molar-refractivity contribution in [1.82, 2.24) is 15.1 Å². The van der Waals surface area contributed by atoms with E-state index in [1.807, 2.05) is 0 Å². The Morgan fingerprint density at radius 3 is 2.63 bits per heavy atom. The van der Waals surface area contributed by atoms with Crippen LogP contribution in [0.2, 0.25) is 0 Å². The topological polar surface area (TPSA) is 18.5 Å². The van der Waals surface area contributed by atoms with Crippen molar-refractivity contribution in [3.05, 3.63) is 35.4 Å². The summed E-state index contributed by atoms with van der Waals surface area (Å²) in [5, 5.41) is 3.63. The highest BCUT2D eigenvalue weighted by molar-refractivity contribution is 5.26. The number of nitrogens with zero attached hydrogens (tertiary/aromatic N) is 2. The average Bonchev–Trinajstić information content (AvgIpc) is 2.43. The Kier molecular flexibility index (Phi) is 5.37. The lowest BCUT2D eigenvalue weighted by molar-refractivity contribution is 0.113. The second-order valence-electron chi connectivity index (χ2n) is 5.65. The zero-order valence-electron chi connectivity index (χ0n) is 12.5. The van der Waals surface area contributed by atoms with Gasteiger partial charge < -0.3 is 10.2 Å². The molecule has 1 unspecified atom stereocenters. The van der Waals surface area contributed by atoms with Crippen LogP contribution in [0.1, 0.15) is 18.1 Å². The molecule has 1 N–H and O–H groups in total. The average molecular weight is 261 g/mol. The first-order chi connectivity index (χ1) is 9.20. The molecule has 1 aliphatic rings. The molecule has 1 aliphatic heterocycles. The predicted octanol–water partition coefficient (Wildman–Crippen LogP) is 1.58.